The van der Waals surface area contributed by atoms with Gasteiger partial charge in [0.15, 0.2) is 0 Å². The molecule has 0 saturated carbocycles. The number of nitrogen functional groups attached to an aromatic ring is 1. The first-order chi connectivity index (χ1) is 11.4. The number of nitrogens with two attached hydrogens (primary N) is 1. The number of nitrogens with one attached hydrogen (secondary N) is 1. The normalized spacial score (nSPS) is 16.3. The number of carbonyl (C=O) groups is 1. The van der Waals surface area contributed by atoms with E-state index in [0.29, 0.717) is 12.2 Å². The number of aryl methyl sites for hydroxylation is 2. The van der Waals surface area contributed by atoms with Crippen LogP contribution in [0.5, 0.6) is 5.75 Å². The third kappa shape index (κ3) is 3.45. The summed E-state index contributed by atoms with van der Waals surface area (Å²) in [6.45, 7) is 6.94. The summed E-state index contributed by atoms with van der Waals surface area (Å²) in [7, 11) is 0. The molecule has 1 atom stereocenters. The number of anilines is 3. The van der Waals surface area contributed by atoms with E-state index >= 15 is 0 Å². The zero-order valence-corrected chi connectivity index (χ0v) is 14.3. The summed E-state index contributed by atoms with van der Waals surface area (Å²) in [5.41, 5.74) is 10.5. The van der Waals surface area contributed by atoms with Crippen molar-refractivity contribution in [2.45, 2.75) is 26.9 Å². The third-order valence-electron chi connectivity index (χ3n) is 4.12. The maximum atomic E-state index is 12.5. The average Bonchev–Trinajstić information content (AvgIpc) is 2.51. The van der Waals surface area contributed by atoms with Crippen LogP contribution in [-0.4, -0.2) is 25.1 Å². The predicted octanol–water partition coefficient (Wildman–Crippen LogP) is 3.11. The molecule has 1 unspecified atom stereocenters. The monoisotopic (exact) mass is 325 g/mol. The molecular weight excluding hydrogens is 302 g/mol. The highest BCUT2D eigenvalue weighted by molar-refractivity contribution is 5.95. The van der Waals surface area contributed by atoms with Gasteiger partial charge >= 0.3 is 0 Å². The molecule has 2 aromatic rings. The lowest BCUT2D eigenvalue weighted by molar-refractivity contribution is -0.115. The first-order valence-electron chi connectivity index (χ1n) is 8.10. The lowest BCUT2D eigenvalue weighted by atomic mass is 10.1. The second-order valence-electron chi connectivity index (χ2n) is 6.40. The number of ether oxygens (including phenoxy) is 1. The summed E-state index contributed by atoms with van der Waals surface area (Å²) in [5.74, 6) is 0.715. The van der Waals surface area contributed by atoms with E-state index in [2.05, 4.69) is 11.4 Å². The Labute approximate surface area is 142 Å². The zero-order valence-electron chi connectivity index (χ0n) is 14.3. The topological polar surface area (TPSA) is 67.6 Å². The Hall–Kier alpha value is -2.69. The lowest BCUT2D eigenvalue weighted by Crippen LogP contribution is -2.42. The summed E-state index contributed by atoms with van der Waals surface area (Å²) < 4.78 is 5.82. The van der Waals surface area contributed by atoms with E-state index < -0.39 is 0 Å². The molecule has 3 N–H and O–H groups in total. The number of amides is 1. The van der Waals surface area contributed by atoms with Crippen molar-refractivity contribution in [3.05, 3.63) is 47.5 Å². The van der Waals surface area contributed by atoms with Crippen LogP contribution in [0.1, 0.15) is 18.1 Å². The molecule has 3 rings (SSSR count). The number of fused-ring (bicyclic) bond motifs is 1. The van der Waals surface area contributed by atoms with Crippen LogP contribution in [0.15, 0.2) is 36.4 Å². The summed E-state index contributed by atoms with van der Waals surface area (Å²) in [4.78, 5) is 14.5. The van der Waals surface area contributed by atoms with Crippen LogP contribution < -0.4 is 20.7 Å². The highest BCUT2D eigenvalue weighted by atomic mass is 16.5. The Morgan fingerprint density at radius 1 is 1.29 bits per heavy atom. The standard InChI is InChI=1S/C19H23N3O2/c1-12-4-6-16(13(2)8-12)21-19(23)11-22-10-14(3)24-18-7-5-15(20)9-17(18)22/h4-9,14H,10-11,20H2,1-3H3,(H,21,23). The van der Waals surface area contributed by atoms with Crippen molar-refractivity contribution >= 4 is 23.0 Å². The molecule has 1 aliphatic heterocycles. The fraction of sp³-hybridized carbons (Fsp3) is 0.316. The van der Waals surface area contributed by atoms with Crippen LogP contribution in [0.25, 0.3) is 0 Å². The molecule has 1 aliphatic rings. The fourth-order valence-electron chi connectivity index (χ4n) is 3.01. The van der Waals surface area contributed by atoms with Gasteiger partial charge in [0.25, 0.3) is 0 Å². The predicted molar refractivity (Wildman–Crippen MR) is 97.7 cm³/mol. The van der Waals surface area contributed by atoms with Crippen LogP contribution in [0.3, 0.4) is 0 Å². The summed E-state index contributed by atoms with van der Waals surface area (Å²) in [6.07, 6.45) is 0.0232. The third-order valence-corrected chi connectivity index (χ3v) is 4.12. The number of rotatable bonds is 3. The molecule has 2 aromatic carbocycles. The second-order valence-corrected chi connectivity index (χ2v) is 6.40. The SMILES string of the molecule is Cc1ccc(NC(=O)CN2CC(C)Oc3ccc(N)cc32)c(C)c1. The maximum absolute atomic E-state index is 12.5. The Bertz CT molecular complexity index is 773. The van der Waals surface area contributed by atoms with Gasteiger partial charge in [0.05, 0.1) is 18.8 Å². The van der Waals surface area contributed by atoms with Crippen molar-refractivity contribution in [2.24, 2.45) is 0 Å². The first-order valence-corrected chi connectivity index (χ1v) is 8.10. The van der Waals surface area contributed by atoms with Crippen molar-refractivity contribution in [3.8, 4) is 5.75 Å². The zero-order chi connectivity index (χ0) is 17.3. The van der Waals surface area contributed by atoms with Crippen molar-refractivity contribution in [1.29, 1.82) is 0 Å². The molecule has 0 spiro atoms. The Morgan fingerprint density at radius 2 is 2.08 bits per heavy atom. The maximum Gasteiger partial charge on any atom is 0.243 e. The minimum Gasteiger partial charge on any atom is -0.487 e. The number of hydrogen-bond acceptors (Lipinski definition) is 4. The van der Waals surface area contributed by atoms with Crippen molar-refractivity contribution < 1.29 is 9.53 Å². The molecule has 0 fully saturated rings. The van der Waals surface area contributed by atoms with E-state index in [4.69, 9.17) is 10.5 Å². The highest BCUT2D eigenvalue weighted by Crippen LogP contribution is 2.34. The number of benzene rings is 2. The first kappa shape index (κ1) is 16.2. The van der Waals surface area contributed by atoms with Gasteiger partial charge < -0.3 is 20.7 Å². The molecule has 0 bridgehead atoms. The van der Waals surface area contributed by atoms with Crippen LogP contribution in [0.2, 0.25) is 0 Å². The van der Waals surface area contributed by atoms with Gasteiger partial charge in [0.1, 0.15) is 11.9 Å². The number of nitrogens with zero attached hydrogens (tertiary/aromatic N) is 1. The van der Waals surface area contributed by atoms with Gasteiger partial charge in [-0.3, -0.25) is 4.79 Å². The van der Waals surface area contributed by atoms with Gasteiger partial charge in [-0.15, -0.1) is 0 Å². The van der Waals surface area contributed by atoms with E-state index in [1.54, 1.807) is 0 Å². The van der Waals surface area contributed by atoms with Crippen molar-refractivity contribution in [2.75, 3.05) is 29.0 Å². The van der Waals surface area contributed by atoms with Crippen LogP contribution in [0.4, 0.5) is 17.1 Å². The summed E-state index contributed by atoms with van der Waals surface area (Å²) in [6, 6.07) is 11.5. The van der Waals surface area contributed by atoms with E-state index in [0.717, 1.165) is 22.7 Å². The molecule has 0 saturated heterocycles. The molecule has 5 nitrogen and oxygen atoms in total. The number of carbonyl (C=O) groups excluding carboxylic acids is 1. The van der Waals surface area contributed by atoms with Gasteiger partial charge in [0, 0.05) is 11.4 Å². The van der Waals surface area contributed by atoms with E-state index in [9.17, 15) is 4.79 Å². The molecule has 0 aromatic heterocycles. The Kier molecular flexibility index (Phi) is 4.34. The van der Waals surface area contributed by atoms with E-state index in [1.165, 1.54) is 5.56 Å². The summed E-state index contributed by atoms with van der Waals surface area (Å²) in [5, 5.41) is 2.99. The van der Waals surface area contributed by atoms with Gasteiger partial charge in [-0.2, -0.15) is 0 Å². The minimum atomic E-state index is -0.0515. The van der Waals surface area contributed by atoms with Crippen LogP contribution >= 0.6 is 0 Å². The molecule has 5 heteroatoms. The molecular formula is C19H23N3O2. The second kappa shape index (κ2) is 6.43. The fourth-order valence-corrected chi connectivity index (χ4v) is 3.01. The van der Waals surface area contributed by atoms with Gasteiger partial charge in [-0.25, -0.2) is 0 Å². The molecule has 1 heterocycles. The van der Waals surface area contributed by atoms with Gasteiger partial charge in [0.2, 0.25) is 5.91 Å². The van der Waals surface area contributed by atoms with Crippen molar-refractivity contribution in [3.63, 3.8) is 0 Å². The molecule has 0 radical (unpaired) electrons. The minimum absolute atomic E-state index is 0.0232. The Balaban J connectivity index is 1.76. The average molecular weight is 325 g/mol. The smallest absolute Gasteiger partial charge is 0.243 e. The van der Waals surface area contributed by atoms with Crippen molar-refractivity contribution in [1.82, 2.24) is 0 Å². The largest absolute Gasteiger partial charge is 0.487 e. The molecule has 24 heavy (non-hydrogen) atoms. The van der Waals surface area contributed by atoms with Gasteiger partial charge in [-0.05, 0) is 50.6 Å². The van der Waals surface area contributed by atoms with E-state index in [1.807, 2.05) is 56.0 Å². The Morgan fingerprint density at radius 3 is 2.83 bits per heavy atom. The molecule has 1 amide bonds. The lowest BCUT2D eigenvalue weighted by Gasteiger charge is -2.34. The highest BCUT2D eigenvalue weighted by Gasteiger charge is 2.24. The van der Waals surface area contributed by atoms with Crippen LogP contribution in [0, 0.1) is 13.8 Å². The molecule has 0 aliphatic carbocycles. The number of hydrogen-bond donors (Lipinski definition) is 2. The molecule has 126 valence electrons. The van der Waals surface area contributed by atoms with Crippen LogP contribution in [-0.2, 0) is 4.79 Å². The van der Waals surface area contributed by atoms with Gasteiger partial charge in [-0.1, -0.05) is 17.7 Å². The summed E-state index contributed by atoms with van der Waals surface area (Å²) >= 11 is 0. The van der Waals surface area contributed by atoms with E-state index in [-0.39, 0.29) is 18.6 Å². The quantitative estimate of drug-likeness (QED) is 0.851.